The van der Waals surface area contributed by atoms with Gasteiger partial charge in [0.1, 0.15) is 13.2 Å². The number of nitrogens with two attached hydrogens (primary N) is 1. The van der Waals surface area contributed by atoms with Crippen LogP contribution in [0.1, 0.15) is 19.7 Å². The van der Waals surface area contributed by atoms with Gasteiger partial charge in [-0.15, -0.1) is 0 Å². The summed E-state index contributed by atoms with van der Waals surface area (Å²) in [6.45, 7) is 4.76. The molecule has 0 amide bonds. The second-order valence-electron chi connectivity index (χ2n) is 5.00. The van der Waals surface area contributed by atoms with Crippen LogP contribution in [-0.2, 0) is 5.54 Å². The lowest BCUT2D eigenvalue weighted by Gasteiger charge is -2.18. The molecule has 1 aromatic heterocycles. The molecule has 0 saturated heterocycles. The van der Waals surface area contributed by atoms with Gasteiger partial charge in [0.2, 0.25) is 0 Å². The van der Waals surface area contributed by atoms with E-state index < -0.39 is 5.54 Å². The molecule has 1 aliphatic heterocycles. The van der Waals surface area contributed by atoms with E-state index in [0.717, 1.165) is 11.3 Å². The third-order valence-corrected chi connectivity index (χ3v) is 2.79. The molecule has 0 atom stereocenters. The van der Waals surface area contributed by atoms with Gasteiger partial charge in [-0.25, -0.2) is 0 Å². The Bertz CT molecular complexity index is 601. The maximum absolute atomic E-state index is 5.93. The van der Waals surface area contributed by atoms with E-state index in [4.69, 9.17) is 19.7 Å². The first-order valence-electron chi connectivity index (χ1n) is 6.07. The van der Waals surface area contributed by atoms with E-state index in [1.807, 2.05) is 32.0 Å². The van der Waals surface area contributed by atoms with Crippen molar-refractivity contribution < 1.29 is 14.0 Å². The highest BCUT2D eigenvalue weighted by Gasteiger charge is 2.22. The number of rotatable bonds is 2. The summed E-state index contributed by atoms with van der Waals surface area (Å²) in [5, 5.41) is 3.89. The van der Waals surface area contributed by atoms with Crippen LogP contribution in [-0.4, -0.2) is 23.4 Å². The number of benzene rings is 1. The minimum atomic E-state index is -0.629. The van der Waals surface area contributed by atoms with Gasteiger partial charge in [-0.2, -0.15) is 4.98 Å². The summed E-state index contributed by atoms with van der Waals surface area (Å²) in [7, 11) is 0. The Balaban J connectivity index is 1.96. The van der Waals surface area contributed by atoms with E-state index in [0.29, 0.717) is 30.7 Å². The molecule has 6 heteroatoms. The summed E-state index contributed by atoms with van der Waals surface area (Å²) in [5.74, 6) is 2.31. The third-order valence-electron chi connectivity index (χ3n) is 2.79. The molecule has 0 aliphatic carbocycles. The third kappa shape index (κ3) is 2.26. The van der Waals surface area contributed by atoms with Crippen LogP contribution in [0, 0.1) is 0 Å². The maximum atomic E-state index is 5.93. The zero-order chi connectivity index (χ0) is 13.5. The largest absolute Gasteiger partial charge is 0.486 e. The van der Waals surface area contributed by atoms with E-state index >= 15 is 0 Å². The molecular weight excluding hydrogens is 246 g/mol. The highest BCUT2D eigenvalue weighted by molar-refractivity contribution is 5.60. The molecule has 2 aromatic rings. The molecule has 100 valence electrons. The topological polar surface area (TPSA) is 83.4 Å². The maximum Gasteiger partial charge on any atom is 0.258 e. The molecule has 6 nitrogen and oxygen atoms in total. The van der Waals surface area contributed by atoms with Crippen molar-refractivity contribution in [2.45, 2.75) is 19.4 Å². The number of hydrogen-bond acceptors (Lipinski definition) is 6. The van der Waals surface area contributed by atoms with Gasteiger partial charge in [0.05, 0.1) is 5.54 Å². The Morgan fingerprint density at radius 3 is 2.58 bits per heavy atom. The monoisotopic (exact) mass is 261 g/mol. The summed E-state index contributed by atoms with van der Waals surface area (Å²) < 4.78 is 16.2. The minimum Gasteiger partial charge on any atom is -0.486 e. The molecule has 0 fully saturated rings. The molecule has 2 heterocycles. The first-order valence-corrected chi connectivity index (χ1v) is 6.07. The summed E-state index contributed by atoms with van der Waals surface area (Å²) >= 11 is 0. The Hall–Kier alpha value is -2.08. The first kappa shape index (κ1) is 12.0. The number of aromatic nitrogens is 2. The molecule has 0 unspecified atom stereocenters. The van der Waals surface area contributed by atoms with Crippen molar-refractivity contribution >= 4 is 0 Å². The van der Waals surface area contributed by atoms with Crippen LogP contribution in [0.3, 0.4) is 0 Å². The predicted molar refractivity (Wildman–Crippen MR) is 67.9 cm³/mol. The summed E-state index contributed by atoms with van der Waals surface area (Å²) in [6.07, 6.45) is 0. The molecule has 2 N–H and O–H groups in total. The second kappa shape index (κ2) is 4.24. The Morgan fingerprint density at radius 1 is 1.16 bits per heavy atom. The molecule has 0 saturated carbocycles. The summed E-state index contributed by atoms with van der Waals surface area (Å²) in [5.41, 5.74) is 6.08. The van der Waals surface area contributed by atoms with E-state index in [2.05, 4.69) is 10.1 Å². The number of hydrogen-bond donors (Lipinski definition) is 1. The molecule has 19 heavy (non-hydrogen) atoms. The van der Waals surface area contributed by atoms with Crippen LogP contribution in [0.15, 0.2) is 22.7 Å². The molecule has 0 radical (unpaired) electrons. The van der Waals surface area contributed by atoms with Gasteiger partial charge in [0.25, 0.3) is 5.89 Å². The van der Waals surface area contributed by atoms with Gasteiger partial charge in [-0.1, -0.05) is 5.16 Å². The molecular formula is C13H15N3O3. The fourth-order valence-electron chi connectivity index (χ4n) is 1.78. The van der Waals surface area contributed by atoms with Crippen molar-refractivity contribution in [3.63, 3.8) is 0 Å². The van der Waals surface area contributed by atoms with Crippen LogP contribution >= 0.6 is 0 Å². The lowest BCUT2D eigenvalue weighted by Crippen LogP contribution is -2.30. The average Bonchev–Trinajstić information content (AvgIpc) is 2.87. The van der Waals surface area contributed by atoms with Crippen molar-refractivity contribution in [3.8, 4) is 23.0 Å². The van der Waals surface area contributed by atoms with Crippen molar-refractivity contribution in [3.05, 3.63) is 24.0 Å². The second-order valence-corrected chi connectivity index (χ2v) is 5.00. The molecule has 1 aliphatic rings. The first-order chi connectivity index (χ1) is 9.04. The highest BCUT2D eigenvalue weighted by atomic mass is 16.6. The smallest absolute Gasteiger partial charge is 0.258 e. The van der Waals surface area contributed by atoms with Gasteiger partial charge in [-0.3, -0.25) is 0 Å². The molecule has 0 spiro atoms. The fraction of sp³-hybridized carbons (Fsp3) is 0.385. The lowest BCUT2D eigenvalue weighted by molar-refractivity contribution is 0.171. The molecule has 3 rings (SSSR count). The lowest BCUT2D eigenvalue weighted by atomic mass is 10.1. The van der Waals surface area contributed by atoms with Crippen LogP contribution in [0.25, 0.3) is 11.5 Å². The van der Waals surface area contributed by atoms with Crippen LogP contribution in [0.5, 0.6) is 11.5 Å². The van der Waals surface area contributed by atoms with E-state index in [1.165, 1.54) is 0 Å². The van der Waals surface area contributed by atoms with Crippen molar-refractivity contribution in [1.29, 1.82) is 0 Å². The minimum absolute atomic E-state index is 0.422. The molecule has 0 bridgehead atoms. The van der Waals surface area contributed by atoms with Crippen molar-refractivity contribution in [1.82, 2.24) is 10.1 Å². The Labute approximate surface area is 110 Å². The van der Waals surface area contributed by atoms with E-state index in [1.54, 1.807) is 0 Å². The summed E-state index contributed by atoms with van der Waals surface area (Å²) in [6, 6.07) is 5.52. The standard InChI is InChI=1S/C13H15N3O3/c1-13(2,14)12-15-11(19-16-12)8-3-4-9-10(7-8)18-6-5-17-9/h3-4,7H,5-6,14H2,1-2H3. The zero-order valence-electron chi connectivity index (χ0n) is 10.8. The van der Waals surface area contributed by atoms with E-state index in [9.17, 15) is 0 Å². The average molecular weight is 261 g/mol. The van der Waals surface area contributed by atoms with Gasteiger partial charge >= 0.3 is 0 Å². The van der Waals surface area contributed by atoms with Gasteiger partial charge in [0, 0.05) is 5.56 Å². The number of nitrogens with zero attached hydrogens (tertiary/aromatic N) is 2. The fourth-order valence-corrected chi connectivity index (χ4v) is 1.78. The number of fused-ring (bicyclic) bond motifs is 1. The predicted octanol–water partition coefficient (Wildman–Crippen LogP) is 1.70. The van der Waals surface area contributed by atoms with Gasteiger partial charge in [-0.05, 0) is 32.0 Å². The van der Waals surface area contributed by atoms with Crippen LogP contribution in [0.2, 0.25) is 0 Å². The van der Waals surface area contributed by atoms with Gasteiger partial charge in [0.15, 0.2) is 17.3 Å². The Kier molecular flexibility index (Phi) is 2.67. The molecule has 1 aromatic carbocycles. The zero-order valence-corrected chi connectivity index (χ0v) is 10.8. The SMILES string of the molecule is CC(C)(N)c1noc(-c2ccc3c(c2)OCCO3)n1. The van der Waals surface area contributed by atoms with Gasteiger partial charge < -0.3 is 19.7 Å². The van der Waals surface area contributed by atoms with Crippen molar-refractivity contribution in [2.24, 2.45) is 5.73 Å². The quantitative estimate of drug-likeness (QED) is 0.885. The Morgan fingerprint density at radius 2 is 1.89 bits per heavy atom. The van der Waals surface area contributed by atoms with Crippen LogP contribution < -0.4 is 15.2 Å². The van der Waals surface area contributed by atoms with Crippen molar-refractivity contribution in [2.75, 3.05) is 13.2 Å². The van der Waals surface area contributed by atoms with E-state index in [-0.39, 0.29) is 0 Å². The summed E-state index contributed by atoms with van der Waals surface area (Å²) in [4.78, 5) is 4.30. The highest BCUT2D eigenvalue weighted by Crippen LogP contribution is 2.34. The number of ether oxygens (including phenoxy) is 2. The van der Waals surface area contributed by atoms with Crippen LogP contribution in [0.4, 0.5) is 0 Å². The normalized spacial score (nSPS) is 14.5.